The topological polar surface area (TPSA) is 74.0 Å². The number of rotatable bonds is 3. The number of aliphatic carboxylic acids is 1. The number of halogens is 3. The smallest absolute Gasteiger partial charge is 0.307 e. The van der Waals surface area contributed by atoms with E-state index in [2.05, 4.69) is 4.98 Å². The maximum atomic E-state index is 12.6. The molecular formula is C9H5F2IN2O2. The number of hydrogen-bond acceptors (Lipinski definition) is 3. The summed E-state index contributed by atoms with van der Waals surface area (Å²) >= 11 is 1.70. The van der Waals surface area contributed by atoms with Crippen molar-refractivity contribution in [3.63, 3.8) is 0 Å². The zero-order valence-electron chi connectivity index (χ0n) is 7.75. The molecule has 0 amide bonds. The maximum Gasteiger partial charge on any atom is 0.307 e. The molecule has 1 heterocycles. The van der Waals surface area contributed by atoms with Gasteiger partial charge >= 0.3 is 5.97 Å². The minimum atomic E-state index is -2.82. The second-order valence-electron chi connectivity index (χ2n) is 2.84. The van der Waals surface area contributed by atoms with Crippen molar-refractivity contribution in [2.24, 2.45) is 0 Å². The number of nitriles is 1. The molecule has 0 aliphatic rings. The van der Waals surface area contributed by atoms with E-state index in [1.807, 2.05) is 0 Å². The van der Waals surface area contributed by atoms with Gasteiger partial charge < -0.3 is 5.11 Å². The summed E-state index contributed by atoms with van der Waals surface area (Å²) in [6.45, 7) is 0. The number of carbonyl (C=O) groups is 1. The summed E-state index contributed by atoms with van der Waals surface area (Å²) in [6.07, 6.45) is -3.45. The Hall–Kier alpha value is -1.30. The van der Waals surface area contributed by atoms with Crippen molar-refractivity contribution in [3.05, 3.63) is 26.6 Å². The molecule has 7 heteroatoms. The van der Waals surface area contributed by atoms with Crippen LogP contribution in [0.3, 0.4) is 0 Å². The lowest BCUT2D eigenvalue weighted by molar-refractivity contribution is -0.136. The van der Waals surface area contributed by atoms with E-state index in [1.165, 1.54) is 0 Å². The Morgan fingerprint density at radius 2 is 2.31 bits per heavy atom. The summed E-state index contributed by atoms with van der Waals surface area (Å²) in [4.78, 5) is 14.2. The quantitative estimate of drug-likeness (QED) is 0.677. The molecular weight excluding hydrogens is 333 g/mol. The first-order chi connectivity index (χ1) is 7.45. The van der Waals surface area contributed by atoms with Crippen LogP contribution in [-0.4, -0.2) is 16.1 Å². The normalized spacial score (nSPS) is 10.2. The van der Waals surface area contributed by atoms with E-state index in [9.17, 15) is 13.6 Å². The van der Waals surface area contributed by atoms with Crippen molar-refractivity contribution < 1.29 is 18.7 Å². The molecule has 0 aliphatic heterocycles. The van der Waals surface area contributed by atoms with Crippen molar-refractivity contribution in [1.29, 1.82) is 5.26 Å². The standard InChI is InChI=1S/C9H5F2IN2O2/c10-9(11)5-1-7(12)14-6(3-13)4(5)2-8(15)16/h1,9H,2H2,(H,15,16). The summed E-state index contributed by atoms with van der Waals surface area (Å²) in [5.74, 6) is -1.28. The molecule has 0 bridgehead atoms. The van der Waals surface area contributed by atoms with E-state index in [-0.39, 0.29) is 15.0 Å². The lowest BCUT2D eigenvalue weighted by atomic mass is 10.0. The van der Waals surface area contributed by atoms with Gasteiger partial charge in [-0.1, -0.05) is 0 Å². The van der Waals surface area contributed by atoms with Gasteiger partial charge in [0, 0.05) is 11.1 Å². The van der Waals surface area contributed by atoms with Crippen molar-refractivity contribution in [2.45, 2.75) is 12.8 Å². The summed E-state index contributed by atoms with van der Waals surface area (Å²) < 4.78 is 25.5. The number of carboxylic acids is 1. The van der Waals surface area contributed by atoms with E-state index in [0.717, 1.165) is 6.07 Å². The lowest BCUT2D eigenvalue weighted by Gasteiger charge is -2.08. The van der Waals surface area contributed by atoms with Gasteiger partial charge in [0.2, 0.25) is 0 Å². The van der Waals surface area contributed by atoms with Gasteiger partial charge in [-0.15, -0.1) is 0 Å². The number of carboxylic acid groups (broad SMARTS) is 1. The minimum Gasteiger partial charge on any atom is -0.481 e. The fraction of sp³-hybridized carbons (Fsp3) is 0.222. The Kier molecular flexibility index (Phi) is 4.12. The Balaban J connectivity index is 3.40. The van der Waals surface area contributed by atoms with E-state index in [1.54, 1.807) is 28.7 Å². The van der Waals surface area contributed by atoms with E-state index < -0.39 is 24.4 Å². The molecule has 16 heavy (non-hydrogen) atoms. The summed E-state index contributed by atoms with van der Waals surface area (Å²) in [5, 5.41) is 17.3. The highest BCUT2D eigenvalue weighted by atomic mass is 127. The van der Waals surface area contributed by atoms with Crippen molar-refractivity contribution in [2.75, 3.05) is 0 Å². The Bertz CT molecular complexity index is 471. The molecule has 1 rings (SSSR count). The molecule has 1 N–H and O–H groups in total. The highest BCUT2D eigenvalue weighted by molar-refractivity contribution is 14.1. The number of aromatic nitrogens is 1. The number of hydrogen-bond donors (Lipinski definition) is 1. The van der Waals surface area contributed by atoms with Crippen LogP contribution >= 0.6 is 22.6 Å². The lowest BCUT2D eigenvalue weighted by Crippen LogP contribution is -2.09. The second kappa shape index (κ2) is 5.16. The fourth-order valence-electron chi connectivity index (χ4n) is 1.18. The van der Waals surface area contributed by atoms with Crippen LogP contribution in [0.4, 0.5) is 8.78 Å². The maximum absolute atomic E-state index is 12.6. The van der Waals surface area contributed by atoms with Gasteiger partial charge in [-0.3, -0.25) is 4.79 Å². The van der Waals surface area contributed by atoms with Gasteiger partial charge in [0.05, 0.1) is 6.42 Å². The summed E-state index contributed by atoms with van der Waals surface area (Å²) in [7, 11) is 0. The summed E-state index contributed by atoms with van der Waals surface area (Å²) in [6, 6.07) is 2.71. The molecule has 0 saturated heterocycles. The molecule has 1 aromatic rings. The molecule has 0 unspecified atom stereocenters. The molecule has 0 atom stereocenters. The van der Waals surface area contributed by atoms with Crippen molar-refractivity contribution in [3.8, 4) is 6.07 Å². The molecule has 0 radical (unpaired) electrons. The first-order valence-corrected chi connectivity index (χ1v) is 5.13. The fourth-order valence-corrected chi connectivity index (χ4v) is 1.76. The zero-order chi connectivity index (χ0) is 12.3. The van der Waals surface area contributed by atoms with Gasteiger partial charge in [-0.25, -0.2) is 13.8 Å². The largest absolute Gasteiger partial charge is 0.481 e. The van der Waals surface area contributed by atoms with E-state index >= 15 is 0 Å². The van der Waals surface area contributed by atoms with Crippen LogP contribution in [0.25, 0.3) is 0 Å². The van der Waals surface area contributed by atoms with Crippen molar-refractivity contribution >= 4 is 28.6 Å². The van der Waals surface area contributed by atoms with E-state index in [0.29, 0.717) is 0 Å². The van der Waals surface area contributed by atoms with Gasteiger partial charge in [0.25, 0.3) is 6.43 Å². The van der Waals surface area contributed by atoms with Crippen LogP contribution in [0.15, 0.2) is 6.07 Å². The first-order valence-electron chi connectivity index (χ1n) is 4.05. The number of pyridine rings is 1. The van der Waals surface area contributed by atoms with Crippen LogP contribution in [-0.2, 0) is 11.2 Å². The highest BCUT2D eigenvalue weighted by Gasteiger charge is 2.20. The molecule has 0 aliphatic carbocycles. The Morgan fingerprint density at radius 1 is 1.69 bits per heavy atom. The average molecular weight is 338 g/mol. The first kappa shape index (κ1) is 12.8. The van der Waals surface area contributed by atoms with Gasteiger partial charge in [-0.05, 0) is 28.7 Å². The average Bonchev–Trinajstić information content (AvgIpc) is 2.19. The van der Waals surface area contributed by atoms with Crippen LogP contribution in [0.1, 0.15) is 23.2 Å². The third-order valence-corrected chi connectivity index (χ3v) is 2.35. The van der Waals surface area contributed by atoms with Gasteiger partial charge in [0.15, 0.2) is 0 Å². The molecule has 1 aromatic heterocycles. The Morgan fingerprint density at radius 3 is 2.75 bits per heavy atom. The van der Waals surface area contributed by atoms with Gasteiger partial charge in [0.1, 0.15) is 15.5 Å². The second-order valence-corrected chi connectivity index (χ2v) is 3.95. The van der Waals surface area contributed by atoms with Crippen LogP contribution in [0.5, 0.6) is 0 Å². The van der Waals surface area contributed by atoms with E-state index in [4.69, 9.17) is 10.4 Å². The molecule has 0 fully saturated rings. The molecule has 0 spiro atoms. The zero-order valence-corrected chi connectivity index (χ0v) is 9.90. The molecule has 0 aromatic carbocycles. The van der Waals surface area contributed by atoms with Gasteiger partial charge in [-0.2, -0.15) is 5.26 Å². The van der Waals surface area contributed by atoms with Crippen LogP contribution in [0.2, 0.25) is 0 Å². The van der Waals surface area contributed by atoms with Crippen LogP contribution in [0, 0.1) is 15.0 Å². The monoisotopic (exact) mass is 338 g/mol. The third-order valence-electron chi connectivity index (χ3n) is 1.80. The number of alkyl halides is 2. The predicted molar refractivity (Wildman–Crippen MR) is 58.0 cm³/mol. The van der Waals surface area contributed by atoms with Crippen molar-refractivity contribution in [1.82, 2.24) is 4.98 Å². The third kappa shape index (κ3) is 2.85. The molecule has 4 nitrogen and oxygen atoms in total. The minimum absolute atomic E-state index is 0.217. The Labute approximate surface area is 103 Å². The SMILES string of the molecule is N#Cc1nc(I)cc(C(F)F)c1CC(=O)O. The highest BCUT2D eigenvalue weighted by Crippen LogP contribution is 2.26. The van der Waals surface area contributed by atoms with Crippen LogP contribution < -0.4 is 0 Å². The molecule has 84 valence electrons. The predicted octanol–water partition coefficient (Wildman–Crippen LogP) is 2.12. The molecule has 0 saturated carbocycles. The summed E-state index contributed by atoms with van der Waals surface area (Å²) in [5.41, 5.74) is -0.923. The number of nitrogens with zero attached hydrogens (tertiary/aromatic N) is 2.